The van der Waals surface area contributed by atoms with Gasteiger partial charge in [0.2, 0.25) is 10.0 Å². The summed E-state index contributed by atoms with van der Waals surface area (Å²) in [6.45, 7) is 1.20. The quantitative estimate of drug-likeness (QED) is 0.815. The summed E-state index contributed by atoms with van der Waals surface area (Å²) in [6.07, 6.45) is 0. The van der Waals surface area contributed by atoms with Crippen LogP contribution < -0.4 is 4.72 Å². The van der Waals surface area contributed by atoms with Crippen LogP contribution in [0, 0.1) is 5.82 Å². The Bertz CT molecular complexity index is 483. The lowest BCUT2D eigenvalue weighted by atomic mass is 10.4. The molecule has 0 bridgehead atoms. The molecule has 0 heterocycles. The van der Waals surface area contributed by atoms with E-state index in [-0.39, 0.29) is 4.90 Å². The van der Waals surface area contributed by atoms with Gasteiger partial charge >= 0.3 is 5.97 Å². The molecule has 88 valence electrons. The summed E-state index contributed by atoms with van der Waals surface area (Å²) in [7, 11) is -3.92. The topological polar surface area (TPSA) is 83.5 Å². The minimum atomic E-state index is -3.92. The van der Waals surface area contributed by atoms with E-state index in [0.29, 0.717) is 0 Å². The third kappa shape index (κ3) is 3.01. The number of benzene rings is 1. The fourth-order valence-corrected chi connectivity index (χ4v) is 2.16. The molecule has 1 atom stereocenters. The second-order valence-corrected chi connectivity index (χ2v) is 4.85. The molecule has 0 amide bonds. The third-order valence-electron chi connectivity index (χ3n) is 1.83. The van der Waals surface area contributed by atoms with Gasteiger partial charge in [-0.3, -0.25) is 4.79 Å². The average molecular weight is 247 g/mol. The van der Waals surface area contributed by atoms with Crippen molar-refractivity contribution >= 4 is 16.0 Å². The van der Waals surface area contributed by atoms with Gasteiger partial charge in [-0.15, -0.1) is 0 Å². The van der Waals surface area contributed by atoms with Crippen LogP contribution in [0.4, 0.5) is 4.39 Å². The van der Waals surface area contributed by atoms with E-state index in [1.165, 1.54) is 6.92 Å². The van der Waals surface area contributed by atoms with Crippen molar-refractivity contribution in [3.05, 3.63) is 30.1 Å². The minimum Gasteiger partial charge on any atom is -0.480 e. The van der Waals surface area contributed by atoms with Gasteiger partial charge in [-0.05, 0) is 31.2 Å². The minimum absolute atomic E-state index is 0.179. The predicted molar refractivity (Wildman–Crippen MR) is 53.8 cm³/mol. The number of hydrogen-bond donors (Lipinski definition) is 2. The smallest absolute Gasteiger partial charge is 0.321 e. The highest BCUT2D eigenvalue weighted by atomic mass is 32.2. The van der Waals surface area contributed by atoms with Crippen molar-refractivity contribution in [2.24, 2.45) is 0 Å². The molecule has 0 aliphatic heterocycles. The lowest BCUT2D eigenvalue weighted by Gasteiger charge is -2.09. The molecule has 1 rings (SSSR count). The van der Waals surface area contributed by atoms with E-state index in [1.54, 1.807) is 0 Å². The Balaban J connectivity index is 2.94. The molecular weight excluding hydrogens is 237 g/mol. The normalized spacial score (nSPS) is 13.4. The highest BCUT2D eigenvalue weighted by Crippen LogP contribution is 2.10. The Kier molecular flexibility index (Phi) is 3.61. The lowest BCUT2D eigenvalue weighted by molar-refractivity contribution is -0.138. The predicted octanol–water partition coefficient (Wildman–Crippen LogP) is 0.577. The number of halogens is 1. The molecular formula is C9H10FNO4S. The molecule has 7 heteroatoms. The van der Waals surface area contributed by atoms with Crippen LogP contribution in [0.3, 0.4) is 0 Å². The summed E-state index contributed by atoms with van der Waals surface area (Å²) in [4.78, 5) is 10.3. The molecule has 0 unspecified atom stereocenters. The van der Waals surface area contributed by atoms with Crippen LogP contribution in [-0.4, -0.2) is 25.5 Å². The maximum atomic E-state index is 12.6. The number of aliphatic carboxylic acids is 1. The second kappa shape index (κ2) is 4.58. The summed E-state index contributed by atoms with van der Waals surface area (Å²) in [5.74, 6) is -1.85. The summed E-state index contributed by atoms with van der Waals surface area (Å²) < 4.78 is 37.6. The Morgan fingerprint density at radius 2 is 1.88 bits per heavy atom. The number of carbonyl (C=O) groups is 1. The number of sulfonamides is 1. The van der Waals surface area contributed by atoms with Crippen LogP contribution >= 0.6 is 0 Å². The Morgan fingerprint density at radius 3 is 2.31 bits per heavy atom. The Labute approximate surface area is 92.0 Å². The van der Waals surface area contributed by atoms with Crippen molar-refractivity contribution in [3.8, 4) is 0 Å². The van der Waals surface area contributed by atoms with Crippen molar-refractivity contribution in [1.29, 1.82) is 0 Å². The number of nitrogens with one attached hydrogen (secondary N) is 1. The fraction of sp³-hybridized carbons (Fsp3) is 0.222. The zero-order chi connectivity index (χ0) is 12.3. The number of carboxylic acids is 1. The van der Waals surface area contributed by atoms with Crippen molar-refractivity contribution in [3.63, 3.8) is 0 Å². The monoisotopic (exact) mass is 247 g/mol. The molecule has 1 aromatic carbocycles. The fourth-order valence-electron chi connectivity index (χ4n) is 0.965. The van der Waals surface area contributed by atoms with Gasteiger partial charge in [-0.2, -0.15) is 4.72 Å². The molecule has 0 saturated heterocycles. The molecule has 5 nitrogen and oxygen atoms in total. The van der Waals surface area contributed by atoms with Gasteiger partial charge in [0.25, 0.3) is 0 Å². The van der Waals surface area contributed by atoms with Crippen LogP contribution in [0.15, 0.2) is 29.2 Å². The summed E-state index contributed by atoms with van der Waals surface area (Å²) in [5, 5.41) is 8.55. The van der Waals surface area contributed by atoms with Gasteiger partial charge < -0.3 is 5.11 Å². The first-order valence-corrected chi connectivity index (χ1v) is 5.82. The van der Waals surface area contributed by atoms with Gasteiger partial charge in [0.15, 0.2) is 0 Å². The highest BCUT2D eigenvalue weighted by molar-refractivity contribution is 7.89. The van der Waals surface area contributed by atoms with Gasteiger partial charge in [-0.1, -0.05) is 0 Å². The maximum Gasteiger partial charge on any atom is 0.321 e. The van der Waals surface area contributed by atoms with E-state index in [9.17, 15) is 17.6 Å². The van der Waals surface area contributed by atoms with Crippen molar-refractivity contribution in [2.45, 2.75) is 17.9 Å². The molecule has 1 aromatic rings. The van der Waals surface area contributed by atoms with Gasteiger partial charge in [0, 0.05) is 0 Å². The van der Waals surface area contributed by atoms with Crippen LogP contribution in [0.1, 0.15) is 6.92 Å². The van der Waals surface area contributed by atoms with E-state index < -0.39 is 27.9 Å². The standard InChI is InChI=1S/C9H10FNO4S/c1-6(9(12)13)11-16(14,15)8-4-2-7(10)3-5-8/h2-6,11H,1H3,(H,12,13)/t6-/m1/s1. The third-order valence-corrected chi connectivity index (χ3v) is 3.38. The lowest BCUT2D eigenvalue weighted by Crippen LogP contribution is -2.38. The van der Waals surface area contributed by atoms with Crippen molar-refractivity contribution in [2.75, 3.05) is 0 Å². The number of rotatable bonds is 4. The number of hydrogen-bond acceptors (Lipinski definition) is 3. The maximum absolute atomic E-state index is 12.6. The van der Waals surface area contributed by atoms with Crippen LogP contribution in [0.2, 0.25) is 0 Å². The number of carboxylic acid groups (broad SMARTS) is 1. The van der Waals surface area contributed by atoms with Crippen LogP contribution in [0.5, 0.6) is 0 Å². The molecule has 0 spiro atoms. The van der Waals surface area contributed by atoms with Gasteiger partial charge in [-0.25, -0.2) is 12.8 Å². The SMILES string of the molecule is C[C@@H](NS(=O)(=O)c1ccc(F)cc1)C(=O)O. The summed E-state index contributed by atoms with van der Waals surface area (Å²) in [6, 6.07) is 2.86. The first kappa shape index (κ1) is 12.6. The van der Waals surface area contributed by atoms with E-state index in [2.05, 4.69) is 0 Å². The van der Waals surface area contributed by atoms with Gasteiger partial charge in [0.1, 0.15) is 11.9 Å². The second-order valence-electron chi connectivity index (χ2n) is 3.14. The zero-order valence-corrected chi connectivity index (χ0v) is 9.16. The first-order chi connectivity index (χ1) is 7.33. The molecule has 2 N–H and O–H groups in total. The molecule has 16 heavy (non-hydrogen) atoms. The molecule has 0 aromatic heterocycles. The van der Waals surface area contributed by atoms with E-state index in [0.717, 1.165) is 24.3 Å². The molecule has 0 radical (unpaired) electrons. The Morgan fingerprint density at radius 1 is 1.38 bits per heavy atom. The molecule has 0 fully saturated rings. The first-order valence-electron chi connectivity index (χ1n) is 4.33. The van der Waals surface area contributed by atoms with Crippen LogP contribution in [-0.2, 0) is 14.8 Å². The van der Waals surface area contributed by atoms with Gasteiger partial charge in [0.05, 0.1) is 4.90 Å². The van der Waals surface area contributed by atoms with E-state index in [4.69, 9.17) is 5.11 Å². The highest BCUT2D eigenvalue weighted by Gasteiger charge is 2.21. The molecule has 0 aliphatic carbocycles. The largest absolute Gasteiger partial charge is 0.480 e. The van der Waals surface area contributed by atoms with Crippen LogP contribution in [0.25, 0.3) is 0 Å². The molecule has 0 aliphatic rings. The van der Waals surface area contributed by atoms with Crippen molar-refractivity contribution < 1.29 is 22.7 Å². The van der Waals surface area contributed by atoms with E-state index in [1.807, 2.05) is 4.72 Å². The van der Waals surface area contributed by atoms with Crippen molar-refractivity contribution in [1.82, 2.24) is 4.72 Å². The Hall–Kier alpha value is -1.47. The summed E-state index contributed by atoms with van der Waals surface area (Å²) >= 11 is 0. The van der Waals surface area contributed by atoms with E-state index >= 15 is 0 Å². The zero-order valence-electron chi connectivity index (χ0n) is 8.34. The average Bonchev–Trinajstić information content (AvgIpc) is 2.17. The summed E-state index contributed by atoms with van der Waals surface area (Å²) in [5.41, 5.74) is 0. The molecule has 0 saturated carbocycles.